The molecule has 5 heteroatoms. The minimum atomic E-state index is 0.0205. The predicted molar refractivity (Wildman–Crippen MR) is 93.0 cm³/mol. The van der Waals surface area contributed by atoms with Crippen molar-refractivity contribution in [1.29, 1.82) is 0 Å². The normalized spacial score (nSPS) is 18.4. The van der Waals surface area contributed by atoms with Crippen molar-refractivity contribution >= 4 is 49.3 Å². The summed E-state index contributed by atoms with van der Waals surface area (Å²) in [7, 11) is 0. The summed E-state index contributed by atoms with van der Waals surface area (Å²) in [5.74, 6) is 0. The number of carbonyl (C=O) groups excluding carboxylic acids is 1. The molecule has 0 N–H and O–H groups in total. The highest BCUT2D eigenvalue weighted by atomic mass is 79.9. The Morgan fingerprint density at radius 3 is 1.90 bits per heavy atom. The van der Waals surface area contributed by atoms with Gasteiger partial charge < -0.3 is 0 Å². The van der Waals surface area contributed by atoms with E-state index in [-0.39, 0.29) is 12.1 Å². The van der Waals surface area contributed by atoms with Crippen molar-refractivity contribution in [2.75, 3.05) is 16.3 Å². The van der Waals surface area contributed by atoms with Crippen LogP contribution < -0.4 is 9.80 Å². The van der Waals surface area contributed by atoms with Crippen LogP contribution in [0, 0.1) is 0 Å². The molecule has 1 fully saturated rings. The van der Waals surface area contributed by atoms with Crippen molar-refractivity contribution in [2.45, 2.75) is 13.0 Å². The van der Waals surface area contributed by atoms with Gasteiger partial charge in [-0.15, -0.1) is 0 Å². The number of nitrogens with zero attached hydrogens (tertiary/aromatic N) is 2. The van der Waals surface area contributed by atoms with Crippen molar-refractivity contribution in [2.24, 2.45) is 0 Å². The number of anilines is 2. The SMILES string of the molecule is C[C@H]1CN(c2ccc(Br)cc2)C(=O)N1c1ccc(Br)cc1. The molecule has 0 spiro atoms. The molecule has 21 heavy (non-hydrogen) atoms. The molecule has 2 aromatic rings. The Balaban J connectivity index is 1.90. The van der Waals surface area contributed by atoms with E-state index in [2.05, 4.69) is 38.8 Å². The van der Waals surface area contributed by atoms with Crippen LogP contribution in [0.3, 0.4) is 0 Å². The summed E-state index contributed by atoms with van der Waals surface area (Å²) in [5.41, 5.74) is 1.85. The van der Waals surface area contributed by atoms with Gasteiger partial charge in [-0.2, -0.15) is 0 Å². The van der Waals surface area contributed by atoms with Crippen LogP contribution in [-0.2, 0) is 0 Å². The number of urea groups is 1. The molecular formula is C16H14Br2N2O. The maximum atomic E-state index is 12.7. The second-order valence-corrected chi connectivity index (χ2v) is 6.90. The van der Waals surface area contributed by atoms with Gasteiger partial charge in [0.2, 0.25) is 0 Å². The summed E-state index contributed by atoms with van der Waals surface area (Å²) < 4.78 is 2.02. The Labute approximate surface area is 140 Å². The summed E-state index contributed by atoms with van der Waals surface area (Å²) >= 11 is 6.84. The van der Waals surface area contributed by atoms with Crippen molar-refractivity contribution < 1.29 is 4.79 Å². The first-order chi connectivity index (χ1) is 10.1. The lowest BCUT2D eigenvalue weighted by molar-refractivity contribution is 0.255. The smallest absolute Gasteiger partial charge is 0.292 e. The van der Waals surface area contributed by atoms with Crippen LogP contribution in [0.4, 0.5) is 16.2 Å². The van der Waals surface area contributed by atoms with Crippen molar-refractivity contribution in [3.05, 3.63) is 57.5 Å². The predicted octanol–water partition coefficient (Wildman–Crippen LogP) is 5.05. The highest BCUT2D eigenvalue weighted by molar-refractivity contribution is 9.10. The molecule has 1 aliphatic rings. The number of benzene rings is 2. The van der Waals surface area contributed by atoms with E-state index < -0.39 is 0 Å². The third-order valence-electron chi connectivity index (χ3n) is 3.57. The fourth-order valence-corrected chi connectivity index (χ4v) is 3.07. The monoisotopic (exact) mass is 408 g/mol. The molecule has 0 radical (unpaired) electrons. The molecule has 3 rings (SSSR count). The molecule has 1 atom stereocenters. The Morgan fingerprint density at radius 2 is 1.38 bits per heavy atom. The molecule has 1 aliphatic heterocycles. The summed E-state index contributed by atoms with van der Waals surface area (Å²) in [6.07, 6.45) is 0. The van der Waals surface area contributed by atoms with Gasteiger partial charge in [-0.1, -0.05) is 31.9 Å². The minimum Gasteiger partial charge on any atom is -0.292 e. The fourth-order valence-electron chi connectivity index (χ4n) is 2.55. The Bertz CT molecular complexity index is 655. The van der Waals surface area contributed by atoms with Gasteiger partial charge in [-0.3, -0.25) is 9.80 Å². The minimum absolute atomic E-state index is 0.0205. The van der Waals surface area contributed by atoms with E-state index in [0.29, 0.717) is 6.54 Å². The first-order valence-electron chi connectivity index (χ1n) is 6.68. The standard InChI is InChI=1S/C16H14Br2N2O/c1-11-10-19(14-6-2-12(17)3-7-14)16(21)20(11)15-8-4-13(18)5-9-15/h2-9,11H,10H2,1H3/t11-/m0/s1. The zero-order valence-electron chi connectivity index (χ0n) is 11.5. The summed E-state index contributed by atoms with van der Waals surface area (Å²) in [4.78, 5) is 16.4. The molecular weight excluding hydrogens is 396 g/mol. The number of halogens is 2. The molecule has 2 amide bonds. The Kier molecular flexibility index (Phi) is 4.04. The molecule has 1 heterocycles. The van der Waals surface area contributed by atoms with Gasteiger partial charge in [0.05, 0.1) is 6.04 Å². The van der Waals surface area contributed by atoms with E-state index in [1.54, 1.807) is 0 Å². The lowest BCUT2D eigenvalue weighted by atomic mass is 10.2. The van der Waals surface area contributed by atoms with Crippen molar-refractivity contribution in [3.63, 3.8) is 0 Å². The quantitative estimate of drug-likeness (QED) is 0.680. The van der Waals surface area contributed by atoms with Gasteiger partial charge in [-0.05, 0) is 55.5 Å². The van der Waals surface area contributed by atoms with Gasteiger partial charge in [-0.25, -0.2) is 4.79 Å². The maximum Gasteiger partial charge on any atom is 0.329 e. The van der Waals surface area contributed by atoms with Crippen LogP contribution in [-0.4, -0.2) is 18.6 Å². The zero-order valence-corrected chi connectivity index (χ0v) is 14.6. The Morgan fingerprint density at radius 1 is 0.905 bits per heavy atom. The Hall–Kier alpha value is -1.33. The average molecular weight is 410 g/mol. The van der Waals surface area contributed by atoms with Crippen LogP contribution in [0.2, 0.25) is 0 Å². The number of carbonyl (C=O) groups is 1. The first-order valence-corrected chi connectivity index (χ1v) is 8.27. The molecule has 0 bridgehead atoms. The van der Waals surface area contributed by atoms with E-state index in [1.807, 2.05) is 58.3 Å². The third-order valence-corrected chi connectivity index (χ3v) is 4.62. The number of rotatable bonds is 2. The lowest BCUT2D eigenvalue weighted by Gasteiger charge is -2.21. The molecule has 3 nitrogen and oxygen atoms in total. The number of hydrogen-bond donors (Lipinski definition) is 0. The van der Waals surface area contributed by atoms with Crippen LogP contribution in [0.25, 0.3) is 0 Å². The number of amides is 2. The van der Waals surface area contributed by atoms with E-state index >= 15 is 0 Å². The third kappa shape index (κ3) is 2.85. The first kappa shape index (κ1) is 14.6. The zero-order chi connectivity index (χ0) is 15.0. The van der Waals surface area contributed by atoms with Gasteiger partial charge >= 0.3 is 6.03 Å². The summed E-state index contributed by atoms with van der Waals surface area (Å²) in [5, 5.41) is 0. The van der Waals surface area contributed by atoms with Gasteiger partial charge in [0.25, 0.3) is 0 Å². The topological polar surface area (TPSA) is 23.6 Å². The van der Waals surface area contributed by atoms with Crippen molar-refractivity contribution in [3.8, 4) is 0 Å². The van der Waals surface area contributed by atoms with Crippen molar-refractivity contribution in [1.82, 2.24) is 0 Å². The fraction of sp³-hybridized carbons (Fsp3) is 0.188. The van der Waals surface area contributed by atoms with Crippen LogP contribution in [0.1, 0.15) is 6.92 Å². The van der Waals surface area contributed by atoms with Crippen LogP contribution in [0.5, 0.6) is 0 Å². The second kappa shape index (κ2) is 5.81. The van der Waals surface area contributed by atoms with Crippen LogP contribution >= 0.6 is 31.9 Å². The van der Waals surface area contributed by atoms with Gasteiger partial charge in [0.1, 0.15) is 0 Å². The summed E-state index contributed by atoms with van der Waals surface area (Å²) in [6.45, 7) is 2.76. The van der Waals surface area contributed by atoms with Gasteiger partial charge in [0.15, 0.2) is 0 Å². The van der Waals surface area contributed by atoms with E-state index in [0.717, 1.165) is 20.3 Å². The summed E-state index contributed by atoms with van der Waals surface area (Å²) in [6, 6.07) is 15.8. The highest BCUT2D eigenvalue weighted by Crippen LogP contribution is 2.30. The van der Waals surface area contributed by atoms with Crippen LogP contribution in [0.15, 0.2) is 57.5 Å². The molecule has 0 aromatic heterocycles. The molecule has 0 saturated carbocycles. The molecule has 0 unspecified atom stereocenters. The highest BCUT2D eigenvalue weighted by Gasteiger charge is 2.36. The molecule has 108 valence electrons. The second-order valence-electron chi connectivity index (χ2n) is 5.07. The molecule has 0 aliphatic carbocycles. The molecule has 1 saturated heterocycles. The van der Waals surface area contributed by atoms with E-state index in [9.17, 15) is 4.79 Å². The largest absolute Gasteiger partial charge is 0.329 e. The lowest BCUT2D eigenvalue weighted by Crippen LogP contribution is -2.33. The van der Waals surface area contributed by atoms with E-state index in [1.165, 1.54) is 0 Å². The maximum absolute atomic E-state index is 12.7. The van der Waals surface area contributed by atoms with Gasteiger partial charge in [0, 0.05) is 26.9 Å². The number of hydrogen-bond acceptors (Lipinski definition) is 1. The molecule has 2 aromatic carbocycles. The average Bonchev–Trinajstić information content (AvgIpc) is 2.76. The van der Waals surface area contributed by atoms with E-state index in [4.69, 9.17) is 0 Å².